The number of halogens is 1. The summed E-state index contributed by atoms with van der Waals surface area (Å²) in [4.78, 5) is 12.1. The lowest BCUT2D eigenvalue weighted by molar-refractivity contribution is 0.0896. The van der Waals surface area contributed by atoms with E-state index in [0.717, 1.165) is 25.9 Å². The SMILES string of the molecule is Cl.O=C(NC1CCNCC1)c1ccc(Oc2ccccc2)o1. The zero-order valence-corrected chi connectivity index (χ0v) is 12.9. The lowest BCUT2D eigenvalue weighted by Gasteiger charge is -2.23. The third-order valence-corrected chi connectivity index (χ3v) is 3.44. The molecule has 1 aliphatic heterocycles. The Morgan fingerprint density at radius 1 is 1.14 bits per heavy atom. The van der Waals surface area contributed by atoms with Gasteiger partial charge in [0.2, 0.25) is 0 Å². The van der Waals surface area contributed by atoms with Crippen molar-refractivity contribution in [3.8, 4) is 11.7 Å². The van der Waals surface area contributed by atoms with Crippen molar-refractivity contribution >= 4 is 18.3 Å². The van der Waals surface area contributed by atoms with Gasteiger partial charge in [0.25, 0.3) is 11.9 Å². The predicted molar refractivity (Wildman–Crippen MR) is 85.8 cm³/mol. The number of amides is 1. The van der Waals surface area contributed by atoms with Gasteiger partial charge in [-0.15, -0.1) is 12.4 Å². The number of rotatable bonds is 4. The molecule has 0 saturated carbocycles. The molecule has 0 aliphatic carbocycles. The maximum absolute atomic E-state index is 12.1. The Labute approximate surface area is 135 Å². The minimum Gasteiger partial charge on any atom is -0.426 e. The quantitative estimate of drug-likeness (QED) is 0.908. The number of nitrogens with one attached hydrogen (secondary N) is 2. The van der Waals surface area contributed by atoms with E-state index in [2.05, 4.69) is 10.6 Å². The second-order valence-electron chi connectivity index (χ2n) is 5.03. The summed E-state index contributed by atoms with van der Waals surface area (Å²) in [6.45, 7) is 1.87. The number of piperidine rings is 1. The van der Waals surface area contributed by atoms with Crippen LogP contribution in [-0.4, -0.2) is 25.0 Å². The summed E-state index contributed by atoms with van der Waals surface area (Å²) in [7, 11) is 0. The molecule has 0 radical (unpaired) electrons. The smallest absolute Gasteiger partial charge is 0.290 e. The van der Waals surface area contributed by atoms with E-state index in [-0.39, 0.29) is 30.1 Å². The topological polar surface area (TPSA) is 63.5 Å². The van der Waals surface area contributed by atoms with Crippen molar-refractivity contribution in [3.05, 3.63) is 48.2 Å². The van der Waals surface area contributed by atoms with E-state index in [1.807, 2.05) is 30.3 Å². The molecule has 2 aromatic rings. The van der Waals surface area contributed by atoms with Crippen molar-refractivity contribution in [2.75, 3.05) is 13.1 Å². The van der Waals surface area contributed by atoms with E-state index in [4.69, 9.17) is 9.15 Å². The van der Waals surface area contributed by atoms with Gasteiger partial charge in [-0.2, -0.15) is 0 Å². The molecule has 0 spiro atoms. The molecule has 6 heteroatoms. The Morgan fingerprint density at radius 2 is 1.86 bits per heavy atom. The zero-order valence-electron chi connectivity index (χ0n) is 12.1. The molecule has 1 aromatic heterocycles. The highest BCUT2D eigenvalue weighted by molar-refractivity contribution is 5.91. The van der Waals surface area contributed by atoms with E-state index in [1.54, 1.807) is 12.1 Å². The van der Waals surface area contributed by atoms with Crippen LogP contribution in [-0.2, 0) is 0 Å². The van der Waals surface area contributed by atoms with E-state index in [9.17, 15) is 4.79 Å². The fraction of sp³-hybridized carbons (Fsp3) is 0.312. The summed E-state index contributed by atoms with van der Waals surface area (Å²) in [5.74, 6) is 1.08. The van der Waals surface area contributed by atoms with Crippen molar-refractivity contribution in [3.63, 3.8) is 0 Å². The summed E-state index contributed by atoms with van der Waals surface area (Å²) < 4.78 is 11.0. The molecule has 1 saturated heterocycles. The molecule has 0 unspecified atom stereocenters. The first kappa shape index (κ1) is 16.4. The number of furan rings is 1. The highest BCUT2D eigenvalue weighted by Crippen LogP contribution is 2.23. The van der Waals surface area contributed by atoms with Crippen molar-refractivity contribution in [2.24, 2.45) is 0 Å². The molecule has 1 aromatic carbocycles. The van der Waals surface area contributed by atoms with Gasteiger partial charge in [0.05, 0.1) is 0 Å². The van der Waals surface area contributed by atoms with Gasteiger partial charge in [0, 0.05) is 12.1 Å². The Balaban J connectivity index is 0.00000176. The fourth-order valence-corrected chi connectivity index (χ4v) is 2.32. The van der Waals surface area contributed by atoms with Crippen LogP contribution in [0.3, 0.4) is 0 Å². The number of carbonyl (C=O) groups excluding carboxylic acids is 1. The number of hydrogen-bond donors (Lipinski definition) is 2. The molecule has 2 N–H and O–H groups in total. The van der Waals surface area contributed by atoms with Crippen molar-refractivity contribution < 1.29 is 13.9 Å². The summed E-state index contributed by atoms with van der Waals surface area (Å²) in [6.07, 6.45) is 1.89. The van der Waals surface area contributed by atoms with Crippen molar-refractivity contribution in [1.29, 1.82) is 0 Å². The summed E-state index contributed by atoms with van der Waals surface area (Å²) in [6, 6.07) is 12.8. The van der Waals surface area contributed by atoms with Crippen molar-refractivity contribution in [2.45, 2.75) is 18.9 Å². The molecule has 22 heavy (non-hydrogen) atoms. The number of benzene rings is 1. The molecule has 2 heterocycles. The fourth-order valence-electron chi connectivity index (χ4n) is 2.32. The van der Waals surface area contributed by atoms with Crippen LogP contribution in [0.15, 0.2) is 46.9 Å². The number of ether oxygens (including phenoxy) is 1. The van der Waals surface area contributed by atoms with Gasteiger partial charge < -0.3 is 19.8 Å². The average molecular weight is 323 g/mol. The normalized spacial score (nSPS) is 14.9. The molecule has 3 rings (SSSR count). The Kier molecular flexibility index (Phi) is 5.86. The average Bonchev–Trinajstić information content (AvgIpc) is 2.98. The van der Waals surface area contributed by atoms with Crippen LogP contribution < -0.4 is 15.4 Å². The van der Waals surface area contributed by atoms with Gasteiger partial charge in [0.1, 0.15) is 5.75 Å². The van der Waals surface area contributed by atoms with Gasteiger partial charge in [-0.25, -0.2) is 0 Å². The Morgan fingerprint density at radius 3 is 2.59 bits per heavy atom. The highest BCUT2D eigenvalue weighted by Gasteiger charge is 2.18. The van der Waals surface area contributed by atoms with Gasteiger partial charge in [0.15, 0.2) is 5.76 Å². The van der Waals surface area contributed by atoms with Gasteiger partial charge in [-0.05, 0) is 44.1 Å². The Hall–Kier alpha value is -1.98. The summed E-state index contributed by atoms with van der Waals surface area (Å²) >= 11 is 0. The first-order valence-electron chi connectivity index (χ1n) is 7.15. The molecule has 1 fully saturated rings. The third-order valence-electron chi connectivity index (χ3n) is 3.44. The van der Waals surface area contributed by atoms with Crippen molar-refractivity contribution in [1.82, 2.24) is 10.6 Å². The highest BCUT2D eigenvalue weighted by atomic mass is 35.5. The van der Waals surface area contributed by atoms with Gasteiger partial charge >= 0.3 is 0 Å². The first-order chi connectivity index (χ1) is 10.3. The second kappa shape index (κ2) is 7.87. The maximum Gasteiger partial charge on any atom is 0.290 e. The van der Waals surface area contributed by atoms with Crippen LogP contribution in [0.2, 0.25) is 0 Å². The molecular formula is C16H19ClN2O3. The summed E-state index contributed by atoms with van der Waals surface area (Å²) in [5.41, 5.74) is 0. The standard InChI is InChI=1S/C16H18N2O3.ClH/c19-16(18-12-8-10-17-11-9-12)14-6-7-15(21-14)20-13-4-2-1-3-5-13;/h1-7,12,17H,8-11H2,(H,18,19);1H. The largest absolute Gasteiger partial charge is 0.426 e. The Bertz CT molecular complexity index is 594. The lowest BCUT2D eigenvalue weighted by Crippen LogP contribution is -2.42. The van der Waals surface area contributed by atoms with Crippen LogP contribution >= 0.6 is 12.4 Å². The van der Waals surface area contributed by atoms with Crippen LogP contribution in [0.5, 0.6) is 11.7 Å². The number of carbonyl (C=O) groups is 1. The number of hydrogen-bond acceptors (Lipinski definition) is 4. The van der Waals surface area contributed by atoms with Crippen LogP contribution in [0, 0.1) is 0 Å². The van der Waals surface area contributed by atoms with Gasteiger partial charge in [-0.1, -0.05) is 18.2 Å². The first-order valence-corrected chi connectivity index (χ1v) is 7.15. The minimum absolute atomic E-state index is 0. The van der Waals surface area contributed by atoms with Crippen LogP contribution in [0.4, 0.5) is 0 Å². The van der Waals surface area contributed by atoms with Crippen LogP contribution in [0.25, 0.3) is 0 Å². The lowest BCUT2D eigenvalue weighted by atomic mass is 10.1. The molecule has 1 amide bonds. The predicted octanol–water partition coefficient (Wildman–Crippen LogP) is 2.98. The maximum atomic E-state index is 12.1. The molecule has 0 atom stereocenters. The third kappa shape index (κ3) is 4.26. The van der Waals surface area contributed by atoms with Gasteiger partial charge in [-0.3, -0.25) is 4.79 Å². The second-order valence-corrected chi connectivity index (χ2v) is 5.03. The van der Waals surface area contributed by atoms with Crippen LogP contribution in [0.1, 0.15) is 23.4 Å². The number of para-hydroxylation sites is 1. The molecule has 1 aliphatic rings. The monoisotopic (exact) mass is 322 g/mol. The van der Waals surface area contributed by atoms with E-state index >= 15 is 0 Å². The zero-order chi connectivity index (χ0) is 14.5. The van der Waals surface area contributed by atoms with E-state index < -0.39 is 0 Å². The molecular weight excluding hydrogens is 304 g/mol. The summed E-state index contributed by atoms with van der Waals surface area (Å²) in [5, 5.41) is 6.25. The molecule has 118 valence electrons. The minimum atomic E-state index is -0.190. The molecule has 0 bridgehead atoms. The molecule has 5 nitrogen and oxygen atoms in total. The van der Waals surface area contributed by atoms with E-state index in [1.165, 1.54) is 0 Å². The van der Waals surface area contributed by atoms with E-state index in [0.29, 0.717) is 11.7 Å².